The van der Waals surface area contributed by atoms with E-state index in [0.29, 0.717) is 54.9 Å². The summed E-state index contributed by atoms with van der Waals surface area (Å²) in [4.78, 5) is 41.7. The quantitative estimate of drug-likeness (QED) is 0.540. The molecule has 0 saturated carbocycles. The van der Waals surface area contributed by atoms with Crippen molar-refractivity contribution in [2.24, 2.45) is 0 Å². The Balaban J connectivity index is 1.20. The number of H-pyrrole nitrogens is 1. The van der Waals surface area contributed by atoms with Gasteiger partial charge in [-0.05, 0) is 23.3 Å². The Kier molecular flexibility index (Phi) is 6.10. The van der Waals surface area contributed by atoms with E-state index in [4.69, 9.17) is 4.74 Å². The van der Waals surface area contributed by atoms with Gasteiger partial charge in [-0.15, -0.1) is 0 Å². The summed E-state index contributed by atoms with van der Waals surface area (Å²) < 4.78 is 32.9. The van der Waals surface area contributed by atoms with Crippen LogP contribution in [0.4, 0.5) is 8.78 Å². The Hall–Kier alpha value is -3.86. The van der Waals surface area contributed by atoms with Crippen LogP contribution in [-0.2, 0) is 17.6 Å². The molecule has 0 bridgehead atoms. The number of ether oxygens (including phenoxy) is 1. The molecule has 0 spiro atoms. The number of hydrogen-bond acceptors (Lipinski definition) is 6. The van der Waals surface area contributed by atoms with Crippen molar-refractivity contribution in [3.8, 4) is 5.75 Å². The lowest BCUT2D eigenvalue weighted by Crippen LogP contribution is -2.54. The zero-order valence-electron chi connectivity index (χ0n) is 20.6. The van der Waals surface area contributed by atoms with Gasteiger partial charge in [0.1, 0.15) is 5.75 Å². The fourth-order valence-corrected chi connectivity index (χ4v) is 5.55. The maximum atomic E-state index is 13.6. The van der Waals surface area contributed by atoms with Crippen molar-refractivity contribution in [3.05, 3.63) is 69.1 Å². The molecular formula is C27H27F2N5O4. The maximum Gasteiger partial charge on any atom is 0.272 e. The standard InChI is InChI=1S/C27H27F2N5O4/c28-27(29)14-22(30-15-27)26(37)34-8-6-33(7-9-34)25(36)20-12-16(11-17-5-10-38-23(17)20)13-21-18-3-1-2-4-19(18)24(35)32-31-21/h1-4,11-12,22,30H,5-10,13-15H2,(H,32,35)/t22-/m0/s1. The summed E-state index contributed by atoms with van der Waals surface area (Å²) >= 11 is 0. The van der Waals surface area contributed by atoms with E-state index in [1.807, 2.05) is 24.3 Å². The molecule has 2 amide bonds. The van der Waals surface area contributed by atoms with Crippen molar-refractivity contribution in [3.63, 3.8) is 0 Å². The van der Waals surface area contributed by atoms with E-state index in [2.05, 4.69) is 15.5 Å². The SMILES string of the molecule is O=C(c1cc(Cc2n[nH]c(=O)c3ccccc23)cc2c1OCC2)N1CCN(C(=O)[C@@H]2CC(F)(F)CN2)CC1. The number of piperazine rings is 1. The van der Waals surface area contributed by atoms with E-state index in [9.17, 15) is 23.2 Å². The Bertz CT molecular complexity index is 1480. The zero-order chi connectivity index (χ0) is 26.4. The largest absolute Gasteiger partial charge is 0.492 e. The van der Waals surface area contributed by atoms with E-state index in [-0.39, 0.29) is 30.5 Å². The van der Waals surface area contributed by atoms with Crippen LogP contribution < -0.4 is 15.6 Å². The topological polar surface area (TPSA) is 108 Å². The van der Waals surface area contributed by atoms with Gasteiger partial charge in [-0.25, -0.2) is 13.9 Å². The highest BCUT2D eigenvalue weighted by Crippen LogP contribution is 2.33. The number of alkyl halides is 2. The van der Waals surface area contributed by atoms with Crippen molar-refractivity contribution in [1.82, 2.24) is 25.3 Å². The predicted molar refractivity (Wildman–Crippen MR) is 135 cm³/mol. The summed E-state index contributed by atoms with van der Waals surface area (Å²) in [5, 5.41) is 10.8. The normalized spacial score (nSPS) is 20.4. The van der Waals surface area contributed by atoms with E-state index in [1.165, 1.54) is 0 Å². The molecule has 1 aromatic heterocycles. The molecule has 3 aliphatic heterocycles. The Morgan fingerprint density at radius 2 is 1.82 bits per heavy atom. The molecule has 38 heavy (non-hydrogen) atoms. The average molecular weight is 524 g/mol. The molecule has 2 aromatic carbocycles. The molecule has 198 valence electrons. The first kappa shape index (κ1) is 24.5. The number of amides is 2. The second-order valence-corrected chi connectivity index (χ2v) is 10.1. The van der Waals surface area contributed by atoms with E-state index in [0.717, 1.165) is 16.5 Å². The number of carbonyl (C=O) groups excluding carboxylic acids is 2. The molecule has 11 heteroatoms. The Morgan fingerprint density at radius 1 is 1.08 bits per heavy atom. The summed E-state index contributed by atoms with van der Waals surface area (Å²) in [6.45, 7) is 1.17. The van der Waals surface area contributed by atoms with Crippen molar-refractivity contribution < 1.29 is 23.1 Å². The van der Waals surface area contributed by atoms with Gasteiger partial charge in [0, 0.05) is 50.8 Å². The van der Waals surface area contributed by atoms with Gasteiger partial charge in [-0.2, -0.15) is 5.10 Å². The first-order valence-electron chi connectivity index (χ1n) is 12.7. The molecule has 1 atom stereocenters. The van der Waals surface area contributed by atoms with Gasteiger partial charge in [-0.3, -0.25) is 19.7 Å². The van der Waals surface area contributed by atoms with Gasteiger partial charge in [0.05, 0.1) is 35.8 Å². The molecule has 2 saturated heterocycles. The molecular weight excluding hydrogens is 496 g/mol. The van der Waals surface area contributed by atoms with E-state index < -0.39 is 24.9 Å². The first-order valence-corrected chi connectivity index (χ1v) is 12.7. The van der Waals surface area contributed by atoms with E-state index in [1.54, 1.807) is 21.9 Å². The molecule has 2 N–H and O–H groups in total. The minimum absolute atomic E-state index is 0.193. The lowest BCUT2D eigenvalue weighted by Gasteiger charge is -2.36. The third kappa shape index (κ3) is 4.51. The zero-order valence-corrected chi connectivity index (χ0v) is 20.6. The van der Waals surface area contributed by atoms with Gasteiger partial charge in [0.25, 0.3) is 17.4 Å². The summed E-state index contributed by atoms with van der Waals surface area (Å²) in [5.74, 6) is -2.84. The number of fused-ring (bicyclic) bond motifs is 2. The van der Waals surface area contributed by atoms with Crippen molar-refractivity contribution in [2.75, 3.05) is 39.3 Å². The van der Waals surface area contributed by atoms with Gasteiger partial charge in [-0.1, -0.05) is 24.3 Å². The second-order valence-electron chi connectivity index (χ2n) is 10.1. The summed E-state index contributed by atoms with van der Waals surface area (Å²) in [7, 11) is 0. The monoisotopic (exact) mass is 523 g/mol. The minimum atomic E-state index is -2.87. The number of benzene rings is 2. The summed E-state index contributed by atoms with van der Waals surface area (Å²) in [6, 6.07) is 10.2. The Morgan fingerprint density at radius 3 is 2.55 bits per heavy atom. The van der Waals surface area contributed by atoms with Gasteiger partial charge >= 0.3 is 0 Å². The lowest BCUT2D eigenvalue weighted by molar-refractivity contribution is -0.135. The van der Waals surface area contributed by atoms with Gasteiger partial charge < -0.3 is 14.5 Å². The average Bonchev–Trinajstić information content (AvgIpc) is 3.55. The van der Waals surface area contributed by atoms with Crippen LogP contribution in [0, 0.1) is 0 Å². The molecule has 6 rings (SSSR count). The van der Waals surface area contributed by atoms with Crippen LogP contribution in [-0.4, -0.2) is 83.1 Å². The fourth-order valence-electron chi connectivity index (χ4n) is 5.55. The number of aromatic nitrogens is 2. The summed E-state index contributed by atoms with van der Waals surface area (Å²) in [5.41, 5.74) is 2.74. The molecule has 3 aromatic rings. The molecule has 0 unspecified atom stereocenters. The number of halogens is 2. The van der Waals surface area contributed by atoms with Crippen molar-refractivity contribution in [1.29, 1.82) is 0 Å². The van der Waals surface area contributed by atoms with E-state index >= 15 is 0 Å². The predicted octanol–water partition coefficient (Wildman–Crippen LogP) is 1.73. The van der Waals surface area contributed by atoms with Crippen molar-refractivity contribution >= 4 is 22.6 Å². The number of hydrogen-bond donors (Lipinski definition) is 2. The van der Waals surface area contributed by atoms with Crippen LogP contribution in [0.2, 0.25) is 0 Å². The lowest BCUT2D eigenvalue weighted by atomic mass is 9.98. The number of carbonyl (C=O) groups is 2. The van der Waals surface area contributed by atoms with Crippen LogP contribution in [0.15, 0.2) is 41.2 Å². The number of nitrogens with zero attached hydrogens (tertiary/aromatic N) is 3. The number of nitrogens with one attached hydrogen (secondary N) is 2. The minimum Gasteiger partial charge on any atom is -0.492 e. The van der Waals surface area contributed by atoms with Gasteiger partial charge in [0.2, 0.25) is 5.91 Å². The number of rotatable bonds is 4. The fraction of sp³-hybridized carbons (Fsp3) is 0.407. The third-order valence-electron chi connectivity index (χ3n) is 7.51. The summed E-state index contributed by atoms with van der Waals surface area (Å²) in [6.07, 6.45) is 0.609. The maximum absolute atomic E-state index is 13.6. The number of aromatic amines is 1. The molecule has 4 heterocycles. The van der Waals surface area contributed by atoms with Crippen LogP contribution >= 0.6 is 0 Å². The molecule has 2 fully saturated rings. The van der Waals surface area contributed by atoms with Gasteiger partial charge in [0.15, 0.2) is 0 Å². The van der Waals surface area contributed by atoms with Crippen LogP contribution in [0.25, 0.3) is 10.8 Å². The van der Waals surface area contributed by atoms with Crippen LogP contribution in [0.1, 0.15) is 33.6 Å². The van der Waals surface area contributed by atoms with Crippen LogP contribution in [0.3, 0.4) is 0 Å². The highest BCUT2D eigenvalue weighted by molar-refractivity contribution is 5.98. The van der Waals surface area contributed by atoms with Crippen LogP contribution in [0.5, 0.6) is 5.75 Å². The molecule has 3 aliphatic rings. The first-order chi connectivity index (χ1) is 18.3. The van der Waals surface area contributed by atoms with Crippen molar-refractivity contribution in [2.45, 2.75) is 31.2 Å². The Labute approximate surface area is 216 Å². The highest BCUT2D eigenvalue weighted by atomic mass is 19.3. The highest BCUT2D eigenvalue weighted by Gasteiger charge is 2.44. The smallest absolute Gasteiger partial charge is 0.272 e. The molecule has 9 nitrogen and oxygen atoms in total. The second kappa shape index (κ2) is 9.46. The third-order valence-corrected chi connectivity index (χ3v) is 7.51. The molecule has 0 radical (unpaired) electrons. The molecule has 0 aliphatic carbocycles.